The molecule has 1 heterocycles. The molecule has 0 spiro atoms. The van der Waals surface area contributed by atoms with Crippen molar-refractivity contribution < 1.29 is 18.3 Å². The van der Waals surface area contributed by atoms with Crippen LogP contribution in [-0.2, 0) is 6.18 Å². The molecule has 7 heteroatoms. The molecular weight excluding hydrogens is 314 g/mol. The topological polar surface area (TPSA) is 33.1 Å². The summed E-state index contributed by atoms with van der Waals surface area (Å²) in [5, 5.41) is 10.3. The van der Waals surface area contributed by atoms with Gasteiger partial charge in [0.2, 0.25) is 0 Å². The van der Waals surface area contributed by atoms with Gasteiger partial charge in [-0.1, -0.05) is 35.3 Å². The van der Waals surface area contributed by atoms with E-state index < -0.39 is 17.8 Å². The molecule has 0 saturated carbocycles. The van der Waals surface area contributed by atoms with E-state index in [9.17, 15) is 18.3 Å². The number of pyridine rings is 1. The number of aliphatic hydroxyl groups is 1. The average Bonchev–Trinajstić information content (AvgIpc) is 2.37. The summed E-state index contributed by atoms with van der Waals surface area (Å²) in [7, 11) is 0. The maximum atomic E-state index is 12.5. The van der Waals surface area contributed by atoms with Gasteiger partial charge in [0.25, 0.3) is 0 Å². The number of aliphatic hydroxyl groups excluding tert-OH is 1. The van der Waals surface area contributed by atoms with E-state index in [4.69, 9.17) is 23.2 Å². The zero-order valence-corrected chi connectivity index (χ0v) is 11.3. The molecule has 0 amide bonds. The lowest BCUT2D eigenvalue weighted by molar-refractivity contribution is -0.137. The van der Waals surface area contributed by atoms with Crippen molar-refractivity contribution in [2.75, 3.05) is 0 Å². The van der Waals surface area contributed by atoms with E-state index in [2.05, 4.69) is 4.98 Å². The highest BCUT2D eigenvalue weighted by Crippen LogP contribution is 2.33. The standard InChI is InChI=1S/C13H8Cl2F3NO/c14-9-3-1-7(2-4-9)12(20)11-10(15)5-8(6-19-11)13(16,17)18/h1-6,12,20H. The van der Waals surface area contributed by atoms with Gasteiger partial charge in [0.1, 0.15) is 6.10 Å². The number of hydrogen-bond donors (Lipinski definition) is 1. The third-order valence-electron chi connectivity index (χ3n) is 2.64. The summed E-state index contributed by atoms with van der Waals surface area (Å²) in [6, 6.07) is 6.94. The molecule has 1 aromatic heterocycles. The quantitative estimate of drug-likeness (QED) is 0.884. The van der Waals surface area contributed by atoms with Crippen LogP contribution in [0.1, 0.15) is 22.9 Å². The number of benzene rings is 1. The fourth-order valence-corrected chi connectivity index (χ4v) is 2.00. The average molecular weight is 322 g/mol. The Labute approximate surface area is 122 Å². The van der Waals surface area contributed by atoms with Crippen LogP contribution in [0.5, 0.6) is 0 Å². The molecule has 1 aromatic carbocycles. The minimum absolute atomic E-state index is 0.0398. The minimum Gasteiger partial charge on any atom is -0.382 e. The Morgan fingerprint density at radius 1 is 1.10 bits per heavy atom. The molecule has 0 bridgehead atoms. The van der Waals surface area contributed by atoms with E-state index in [1.807, 2.05) is 0 Å². The van der Waals surface area contributed by atoms with Crippen LogP contribution in [0.25, 0.3) is 0 Å². The smallest absolute Gasteiger partial charge is 0.382 e. The molecule has 0 radical (unpaired) electrons. The van der Waals surface area contributed by atoms with Gasteiger partial charge in [0, 0.05) is 11.2 Å². The molecule has 1 N–H and O–H groups in total. The van der Waals surface area contributed by atoms with Crippen LogP contribution in [-0.4, -0.2) is 10.1 Å². The molecule has 0 saturated heterocycles. The van der Waals surface area contributed by atoms with Crippen molar-refractivity contribution in [1.82, 2.24) is 4.98 Å². The predicted octanol–water partition coefficient (Wildman–Crippen LogP) is 4.49. The first-order valence-electron chi connectivity index (χ1n) is 5.45. The highest BCUT2D eigenvalue weighted by atomic mass is 35.5. The Morgan fingerprint density at radius 2 is 1.70 bits per heavy atom. The van der Waals surface area contributed by atoms with E-state index in [1.54, 1.807) is 24.3 Å². The largest absolute Gasteiger partial charge is 0.417 e. The van der Waals surface area contributed by atoms with Gasteiger partial charge in [-0.2, -0.15) is 13.2 Å². The second-order valence-corrected chi connectivity index (χ2v) is 4.89. The van der Waals surface area contributed by atoms with Crippen LogP contribution < -0.4 is 0 Å². The van der Waals surface area contributed by atoms with E-state index in [-0.39, 0.29) is 10.7 Å². The highest BCUT2D eigenvalue weighted by Gasteiger charge is 2.32. The molecule has 2 nitrogen and oxygen atoms in total. The summed E-state index contributed by atoms with van der Waals surface area (Å²) in [5.74, 6) is 0. The normalized spacial score (nSPS) is 13.3. The summed E-state index contributed by atoms with van der Waals surface area (Å²) in [6.45, 7) is 0. The van der Waals surface area contributed by atoms with Gasteiger partial charge in [0.15, 0.2) is 0 Å². The number of rotatable bonds is 2. The van der Waals surface area contributed by atoms with Crippen molar-refractivity contribution in [3.05, 3.63) is 63.4 Å². The Morgan fingerprint density at radius 3 is 2.20 bits per heavy atom. The van der Waals surface area contributed by atoms with E-state index >= 15 is 0 Å². The second kappa shape index (κ2) is 5.60. The number of aromatic nitrogens is 1. The SMILES string of the molecule is OC(c1ccc(Cl)cc1)c1ncc(C(F)(F)F)cc1Cl. The first-order chi connectivity index (χ1) is 9.29. The molecule has 0 aliphatic heterocycles. The van der Waals surface area contributed by atoms with Gasteiger partial charge in [-0.15, -0.1) is 0 Å². The lowest BCUT2D eigenvalue weighted by Crippen LogP contribution is -2.09. The van der Waals surface area contributed by atoms with Crippen molar-refractivity contribution in [2.24, 2.45) is 0 Å². The molecular formula is C13H8Cl2F3NO. The molecule has 1 atom stereocenters. The highest BCUT2D eigenvalue weighted by molar-refractivity contribution is 6.31. The second-order valence-electron chi connectivity index (χ2n) is 4.04. The van der Waals surface area contributed by atoms with Gasteiger partial charge in [0.05, 0.1) is 16.3 Å². The Balaban J connectivity index is 2.36. The summed E-state index contributed by atoms with van der Waals surface area (Å²) in [4.78, 5) is 3.61. The van der Waals surface area contributed by atoms with Crippen LogP contribution in [0, 0.1) is 0 Å². The fraction of sp³-hybridized carbons (Fsp3) is 0.154. The van der Waals surface area contributed by atoms with Crippen LogP contribution in [0.2, 0.25) is 10.0 Å². The van der Waals surface area contributed by atoms with Gasteiger partial charge in [-0.25, -0.2) is 0 Å². The number of hydrogen-bond acceptors (Lipinski definition) is 2. The van der Waals surface area contributed by atoms with Gasteiger partial charge in [-0.3, -0.25) is 4.98 Å². The van der Waals surface area contributed by atoms with Crippen molar-refractivity contribution in [3.8, 4) is 0 Å². The molecule has 0 aliphatic carbocycles. The first-order valence-corrected chi connectivity index (χ1v) is 6.21. The predicted molar refractivity (Wildman–Crippen MR) is 69.8 cm³/mol. The minimum atomic E-state index is -4.53. The summed E-state index contributed by atoms with van der Waals surface area (Å²) >= 11 is 11.5. The zero-order valence-electron chi connectivity index (χ0n) is 9.83. The molecule has 0 aliphatic rings. The molecule has 2 aromatic rings. The van der Waals surface area contributed by atoms with Gasteiger partial charge >= 0.3 is 6.18 Å². The lowest BCUT2D eigenvalue weighted by Gasteiger charge is -2.14. The van der Waals surface area contributed by atoms with Crippen LogP contribution in [0.15, 0.2) is 36.5 Å². The summed E-state index contributed by atoms with van der Waals surface area (Å²) < 4.78 is 37.5. The zero-order chi connectivity index (χ0) is 14.9. The maximum absolute atomic E-state index is 12.5. The molecule has 2 rings (SSSR count). The van der Waals surface area contributed by atoms with Crippen LogP contribution in [0.4, 0.5) is 13.2 Å². The van der Waals surface area contributed by atoms with E-state index in [0.717, 1.165) is 6.07 Å². The number of alkyl halides is 3. The Kier molecular flexibility index (Phi) is 4.22. The van der Waals surface area contributed by atoms with Crippen molar-refractivity contribution in [2.45, 2.75) is 12.3 Å². The third kappa shape index (κ3) is 3.23. The first kappa shape index (κ1) is 15.1. The van der Waals surface area contributed by atoms with Gasteiger partial charge < -0.3 is 5.11 Å². The van der Waals surface area contributed by atoms with Crippen LogP contribution >= 0.6 is 23.2 Å². The number of nitrogens with zero attached hydrogens (tertiary/aromatic N) is 1. The third-order valence-corrected chi connectivity index (χ3v) is 3.20. The number of halogens is 5. The molecule has 1 unspecified atom stereocenters. The monoisotopic (exact) mass is 321 g/mol. The molecule has 0 fully saturated rings. The van der Waals surface area contributed by atoms with Crippen LogP contribution in [0.3, 0.4) is 0 Å². The summed E-state index contributed by atoms with van der Waals surface area (Å²) in [6.07, 6.45) is -5.11. The summed E-state index contributed by atoms with van der Waals surface area (Å²) in [5.41, 5.74) is -0.569. The maximum Gasteiger partial charge on any atom is 0.417 e. The molecule has 20 heavy (non-hydrogen) atoms. The molecule has 106 valence electrons. The van der Waals surface area contributed by atoms with Gasteiger partial charge in [-0.05, 0) is 23.8 Å². The lowest BCUT2D eigenvalue weighted by atomic mass is 10.1. The Bertz CT molecular complexity index is 614. The fourth-order valence-electron chi connectivity index (χ4n) is 1.61. The van der Waals surface area contributed by atoms with Crippen molar-refractivity contribution >= 4 is 23.2 Å². The van der Waals surface area contributed by atoms with Crippen molar-refractivity contribution in [3.63, 3.8) is 0 Å². The Hall–Kier alpha value is -1.30. The van der Waals surface area contributed by atoms with E-state index in [1.165, 1.54) is 0 Å². The van der Waals surface area contributed by atoms with E-state index in [0.29, 0.717) is 16.8 Å². The van der Waals surface area contributed by atoms with Crippen molar-refractivity contribution in [1.29, 1.82) is 0 Å².